The number of furan rings is 1. The SMILES string of the molecule is O=C(CNC(=O)c1ccc(-n2cnc3ccccc32)cc1)NCc1ccco1. The van der Waals surface area contributed by atoms with E-state index in [0.29, 0.717) is 11.3 Å². The van der Waals surface area contributed by atoms with E-state index >= 15 is 0 Å². The third-order valence-corrected chi connectivity index (χ3v) is 4.31. The standard InChI is InChI=1S/C21H18N4O3/c26-20(22-12-17-4-3-11-28-17)13-23-21(27)15-7-9-16(10-8-15)25-14-24-18-5-1-2-6-19(18)25/h1-11,14H,12-13H2,(H,22,26)(H,23,27). The highest BCUT2D eigenvalue weighted by Gasteiger charge is 2.10. The van der Waals surface area contributed by atoms with E-state index in [1.165, 1.54) is 0 Å². The van der Waals surface area contributed by atoms with E-state index in [1.54, 1.807) is 36.9 Å². The zero-order valence-electron chi connectivity index (χ0n) is 15.0. The number of hydrogen-bond acceptors (Lipinski definition) is 4. The minimum Gasteiger partial charge on any atom is -0.467 e. The molecular formula is C21H18N4O3. The fourth-order valence-corrected chi connectivity index (χ4v) is 2.86. The first-order valence-corrected chi connectivity index (χ1v) is 8.80. The lowest BCUT2D eigenvalue weighted by Crippen LogP contribution is -2.36. The predicted octanol–water partition coefficient (Wildman–Crippen LogP) is 2.66. The van der Waals surface area contributed by atoms with Crippen LogP contribution >= 0.6 is 0 Å². The first-order chi connectivity index (χ1) is 13.7. The molecule has 0 fully saturated rings. The summed E-state index contributed by atoms with van der Waals surface area (Å²) >= 11 is 0. The Morgan fingerprint density at radius 2 is 1.79 bits per heavy atom. The Bertz CT molecular complexity index is 1100. The molecule has 0 atom stereocenters. The van der Waals surface area contributed by atoms with Crippen LogP contribution < -0.4 is 10.6 Å². The highest BCUT2D eigenvalue weighted by Crippen LogP contribution is 2.18. The first-order valence-electron chi connectivity index (χ1n) is 8.80. The number of amides is 2. The Balaban J connectivity index is 1.35. The molecule has 0 bridgehead atoms. The van der Waals surface area contributed by atoms with Gasteiger partial charge < -0.3 is 15.1 Å². The van der Waals surface area contributed by atoms with Gasteiger partial charge >= 0.3 is 0 Å². The smallest absolute Gasteiger partial charge is 0.251 e. The Hall–Kier alpha value is -3.87. The lowest BCUT2D eigenvalue weighted by molar-refractivity contribution is -0.120. The Morgan fingerprint density at radius 3 is 2.57 bits per heavy atom. The molecule has 4 aromatic rings. The van der Waals surface area contributed by atoms with Crippen molar-refractivity contribution in [3.05, 3.63) is 84.6 Å². The third kappa shape index (κ3) is 3.78. The molecule has 0 aliphatic carbocycles. The number of aromatic nitrogens is 2. The van der Waals surface area contributed by atoms with Crippen molar-refractivity contribution in [1.82, 2.24) is 20.2 Å². The van der Waals surface area contributed by atoms with Gasteiger partial charge in [0.2, 0.25) is 5.91 Å². The van der Waals surface area contributed by atoms with Gasteiger partial charge in [0, 0.05) is 11.3 Å². The number of carbonyl (C=O) groups excluding carboxylic acids is 2. The van der Waals surface area contributed by atoms with E-state index in [0.717, 1.165) is 16.7 Å². The number of imidazole rings is 1. The lowest BCUT2D eigenvalue weighted by atomic mass is 10.2. The molecule has 7 nitrogen and oxygen atoms in total. The third-order valence-electron chi connectivity index (χ3n) is 4.31. The number of nitrogens with one attached hydrogen (secondary N) is 2. The topological polar surface area (TPSA) is 89.2 Å². The zero-order chi connectivity index (χ0) is 19.3. The molecule has 0 aliphatic heterocycles. The van der Waals surface area contributed by atoms with Gasteiger partial charge in [-0.2, -0.15) is 0 Å². The fourth-order valence-electron chi connectivity index (χ4n) is 2.86. The Morgan fingerprint density at radius 1 is 0.964 bits per heavy atom. The molecule has 0 saturated heterocycles. The number of nitrogens with zero attached hydrogens (tertiary/aromatic N) is 2. The summed E-state index contributed by atoms with van der Waals surface area (Å²) in [6.07, 6.45) is 3.29. The van der Waals surface area contributed by atoms with Gasteiger partial charge in [-0.25, -0.2) is 4.98 Å². The van der Waals surface area contributed by atoms with E-state index < -0.39 is 0 Å². The molecule has 2 aromatic heterocycles. The van der Waals surface area contributed by atoms with Crippen molar-refractivity contribution in [1.29, 1.82) is 0 Å². The second-order valence-electron chi connectivity index (χ2n) is 6.19. The molecular weight excluding hydrogens is 356 g/mol. The number of hydrogen-bond donors (Lipinski definition) is 2. The van der Waals surface area contributed by atoms with Gasteiger partial charge in [0.05, 0.1) is 30.4 Å². The molecule has 2 amide bonds. The number of para-hydroxylation sites is 2. The lowest BCUT2D eigenvalue weighted by Gasteiger charge is -2.08. The van der Waals surface area contributed by atoms with Crippen LogP contribution in [0.15, 0.2) is 77.7 Å². The average molecular weight is 374 g/mol. The van der Waals surface area contributed by atoms with Crippen LogP contribution in [0, 0.1) is 0 Å². The van der Waals surface area contributed by atoms with Crippen LogP contribution in [0.2, 0.25) is 0 Å². The summed E-state index contributed by atoms with van der Waals surface area (Å²) < 4.78 is 7.10. The normalized spacial score (nSPS) is 10.7. The van der Waals surface area contributed by atoms with Crippen molar-refractivity contribution in [3.63, 3.8) is 0 Å². The summed E-state index contributed by atoms with van der Waals surface area (Å²) in [6.45, 7) is 0.183. The second-order valence-corrected chi connectivity index (χ2v) is 6.19. The van der Waals surface area contributed by atoms with E-state index in [4.69, 9.17) is 4.42 Å². The first kappa shape index (κ1) is 17.5. The summed E-state index contributed by atoms with van der Waals surface area (Å²) in [6, 6.07) is 18.5. The van der Waals surface area contributed by atoms with E-state index in [1.807, 2.05) is 41.0 Å². The number of carbonyl (C=O) groups is 2. The van der Waals surface area contributed by atoms with Crippen LogP contribution in [0.3, 0.4) is 0 Å². The summed E-state index contributed by atoms with van der Waals surface area (Å²) in [5.41, 5.74) is 3.28. The van der Waals surface area contributed by atoms with E-state index in [9.17, 15) is 9.59 Å². The average Bonchev–Trinajstić information content (AvgIpc) is 3.40. The molecule has 140 valence electrons. The van der Waals surface area contributed by atoms with Crippen molar-refractivity contribution < 1.29 is 14.0 Å². The monoisotopic (exact) mass is 374 g/mol. The largest absolute Gasteiger partial charge is 0.467 e. The molecule has 0 unspecified atom stereocenters. The fraction of sp³-hybridized carbons (Fsp3) is 0.0952. The highest BCUT2D eigenvalue weighted by atomic mass is 16.3. The van der Waals surface area contributed by atoms with Gasteiger partial charge in [-0.3, -0.25) is 14.2 Å². The predicted molar refractivity (Wildman–Crippen MR) is 104 cm³/mol. The molecule has 2 heterocycles. The summed E-state index contributed by atoms with van der Waals surface area (Å²) in [5, 5.41) is 5.29. The van der Waals surface area contributed by atoms with Crippen molar-refractivity contribution in [2.24, 2.45) is 0 Å². The van der Waals surface area contributed by atoms with Gasteiger partial charge in [-0.05, 0) is 48.5 Å². The molecule has 2 N–H and O–H groups in total. The zero-order valence-corrected chi connectivity index (χ0v) is 15.0. The van der Waals surface area contributed by atoms with E-state index in [2.05, 4.69) is 15.6 Å². The van der Waals surface area contributed by atoms with Crippen molar-refractivity contribution in [2.75, 3.05) is 6.54 Å². The maximum absolute atomic E-state index is 12.3. The minimum absolute atomic E-state index is 0.104. The minimum atomic E-state index is -0.310. The maximum atomic E-state index is 12.3. The number of rotatable bonds is 6. The second kappa shape index (κ2) is 7.79. The van der Waals surface area contributed by atoms with Crippen LogP contribution in [0.4, 0.5) is 0 Å². The molecule has 4 rings (SSSR count). The van der Waals surface area contributed by atoms with Crippen LogP contribution in [0.1, 0.15) is 16.1 Å². The van der Waals surface area contributed by atoms with Gasteiger partial charge in [0.25, 0.3) is 5.91 Å². The van der Waals surface area contributed by atoms with Gasteiger partial charge in [0.15, 0.2) is 0 Å². The van der Waals surface area contributed by atoms with Crippen LogP contribution in [-0.4, -0.2) is 27.9 Å². The maximum Gasteiger partial charge on any atom is 0.251 e. The summed E-state index contributed by atoms with van der Waals surface area (Å²) in [5.74, 6) is 0.0590. The molecule has 7 heteroatoms. The van der Waals surface area contributed by atoms with Crippen LogP contribution in [0.5, 0.6) is 0 Å². The van der Waals surface area contributed by atoms with Crippen molar-refractivity contribution >= 4 is 22.8 Å². The molecule has 0 radical (unpaired) electrons. The van der Waals surface area contributed by atoms with Crippen molar-refractivity contribution in [2.45, 2.75) is 6.54 Å². The molecule has 0 saturated carbocycles. The summed E-state index contributed by atoms with van der Waals surface area (Å²) in [7, 11) is 0. The Labute approximate surface area is 161 Å². The van der Waals surface area contributed by atoms with Gasteiger partial charge in [0.1, 0.15) is 12.1 Å². The van der Waals surface area contributed by atoms with Crippen LogP contribution in [-0.2, 0) is 11.3 Å². The van der Waals surface area contributed by atoms with Crippen LogP contribution in [0.25, 0.3) is 16.7 Å². The van der Waals surface area contributed by atoms with E-state index in [-0.39, 0.29) is 24.9 Å². The molecule has 0 spiro atoms. The Kier molecular flexibility index (Phi) is 4.88. The number of benzene rings is 2. The molecule has 28 heavy (non-hydrogen) atoms. The molecule has 2 aromatic carbocycles. The molecule has 0 aliphatic rings. The van der Waals surface area contributed by atoms with Gasteiger partial charge in [-0.15, -0.1) is 0 Å². The quantitative estimate of drug-likeness (QED) is 0.543. The number of fused-ring (bicyclic) bond motifs is 1. The van der Waals surface area contributed by atoms with Crippen molar-refractivity contribution in [3.8, 4) is 5.69 Å². The highest BCUT2D eigenvalue weighted by molar-refractivity contribution is 5.96. The summed E-state index contributed by atoms with van der Waals surface area (Å²) in [4.78, 5) is 28.5. The van der Waals surface area contributed by atoms with Gasteiger partial charge in [-0.1, -0.05) is 12.1 Å².